The van der Waals surface area contributed by atoms with Crippen LogP contribution in [0.5, 0.6) is 0 Å². The molecule has 1 saturated carbocycles. The van der Waals surface area contributed by atoms with Crippen molar-refractivity contribution < 1.29 is 4.74 Å². The molecule has 2 aromatic rings. The predicted molar refractivity (Wildman–Crippen MR) is 91.0 cm³/mol. The molecule has 1 saturated heterocycles. The van der Waals surface area contributed by atoms with E-state index in [0.717, 1.165) is 51.0 Å². The number of morpholine rings is 1. The highest BCUT2D eigenvalue weighted by Crippen LogP contribution is 2.34. The second kappa shape index (κ2) is 7.40. The number of hydrogen-bond acceptors (Lipinski definition) is 8. The molecule has 2 aromatic heterocycles. The molecule has 9 nitrogen and oxygen atoms in total. The van der Waals surface area contributed by atoms with Crippen LogP contribution in [0.15, 0.2) is 18.3 Å². The van der Waals surface area contributed by atoms with Crippen molar-refractivity contribution in [3.05, 3.63) is 24.2 Å². The second-order valence-corrected chi connectivity index (χ2v) is 6.62. The standard InChI is InChI=1S/C16H24N8O/c1-2-23(15-4-3-7-17-18-15)11-14-10-22(8-9-25-14)12-16-19-20-21-24(16)13-5-6-13/h3-4,7,13-14H,2,5-6,8-12H2,1H3/t14-/m1/s1. The summed E-state index contributed by atoms with van der Waals surface area (Å²) in [5, 5.41) is 20.4. The lowest BCUT2D eigenvalue weighted by molar-refractivity contribution is -0.0280. The van der Waals surface area contributed by atoms with Crippen LogP contribution in [0.2, 0.25) is 0 Å². The highest BCUT2D eigenvalue weighted by Gasteiger charge is 2.29. The van der Waals surface area contributed by atoms with E-state index in [2.05, 4.69) is 42.4 Å². The summed E-state index contributed by atoms with van der Waals surface area (Å²) in [6.45, 7) is 7.09. The third kappa shape index (κ3) is 3.93. The molecule has 25 heavy (non-hydrogen) atoms. The SMILES string of the molecule is CCN(C[C@H]1CN(Cc2nnnn2C2CC2)CCO1)c1cccnn1. The Labute approximate surface area is 147 Å². The van der Waals surface area contributed by atoms with Gasteiger partial charge in [-0.25, -0.2) is 4.68 Å². The number of likely N-dealkylation sites (N-methyl/N-ethyl adjacent to an activating group) is 1. The van der Waals surface area contributed by atoms with Crippen LogP contribution in [0.3, 0.4) is 0 Å². The molecule has 0 amide bonds. The average Bonchev–Trinajstić information content (AvgIpc) is 3.40. The minimum absolute atomic E-state index is 0.140. The minimum atomic E-state index is 0.140. The van der Waals surface area contributed by atoms with Crippen LogP contribution < -0.4 is 4.90 Å². The number of nitrogens with zero attached hydrogens (tertiary/aromatic N) is 8. The highest BCUT2D eigenvalue weighted by atomic mass is 16.5. The third-order valence-electron chi connectivity index (χ3n) is 4.73. The predicted octanol–water partition coefficient (Wildman–Crippen LogP) is 0.525. The first-order valence-corrected chi connectivity index (χ1v) is 8.97. The molecular weight excluding hydrogens is 320 g/mol. The zero-order valence-electron chi connectivity index (χ0n) is 14.5. The number of rotatable bonds is 7. The first-order chi connectivity index (χ1) is 12.3. The van der Waals surface area contributed by atoms with Gasteiger partial charge in [-0.15, -0.1) is 10.2 Å². The van der Waals surface area contributed by atoms with Gasteiger partial charge in [0.2, 0.25) is 0 Å². The molecule has 1 aliphatic carbocycles. The number of anilines is 1. The summed E-state index contributed by atoms with van der Waals surface area (Å²) in [5.74, 6) is 1.85. The summed E-state index contributed by atoms with van der Waals surface area (Å²) in [6.07, 6.45) is 4.21. The Kier molecular flexibility index (Phi) is 4.84. The molecule has 0 aromatic carbocycles. The van der Waals surface area contributed by atoms with Crippen molar-refractivity contribution in [3.8, 4) is 0 Å². The van der Waals surface area contributed by atoms with E-state index in [1.54, 1.807) is 6.20 Å². The van der Waals surface area contributed by atoms with Gasteiger partial charge >= 0.3 is 0 Å². The molecule has 9 heteroatoms. The van der Waals surface area contributed by atoms with Gasteiger partial charge in [0.1, 0.15) is 0 Å². The molecule has 4 rings (SSSR count). The molecule has 0 bridgehead atoms. The van der Waals surface area contributed by atoms with Crippen LogP contribution in [0, 0.1) is 0 Å². The number of ether oxygens (including phenoxy) is 1. The normalized spacial score (nSPS) is 21.4. The van der Waals surface area contributed by atoms with Gasteiger partial charge in [-0.3, -0.25) is 4.90 Å². The van der Waals surface area contributed by atoms with E-state index in [1.165, 1.54) is 12.8 Å². The van der Waals surface area contributed by atoms with Gasteiger partial charge in [-0.2, -0.15) is 5.10 Å². The molecule has 0 N–H and O–H groups in total. The maximum atomic E-state index is 5.98. The van der Waals surface area contributed by atoms with E-state index in [-0.39, 0.29) is 6.10 Å². The summed E-state index contributed by atoms with van der Waals surface area (Å²) in [5.41, 5.74) is 0. The van der Waals surface area contributed by atoms with Crippen LogP contribution in [0.1, 0.15) is 31.6 Å². The fourth-order valence-electron chi connectivity index (χ4n) is 3.25. The van der Waals surface area contributed by atoms with Crippen LogP contribution in [0.4, 0.5) is 5.82 Å². The van der Waals surface area contributed by atoms with E-state index in [4.69, 9.17) is 4.74 Å². The topological polar surface area (TPSA) is 85.1 Å². The third-order valence-corrected chi connectivity index (χ3v) is 4.73. The largest absolute Gasteiger partial charge is 0.374 e. The van der Waals surface area contributed by atoms with Crippen LogP contribution >= 0.6 is 0 Å². The molecule has 134 valence electrons. The van der Waals surface area contributed by atoms with Crippen molar-refractivity contribution in [1.82, 2.24) is 35.3 Å². The summed E-state index contributed by atoms with van der Waals surface area (Å²) in [7, 11) is 0. The van der Waals surface area contributed by atoms with Gasteiger partial charge in [-0.05, 0) is 42.3 Å². The Bertz CT molecular complexity index is 674. The fraction of sp³-hybridized carbons (Fsp3) is 0.688. The lowest BCUT2D eigenvalue weighted by atomic mass is 10.2. The zero-order chi connectivity index (χ0) is 17.1. The van der Waals surface area contributed by atoms with Gasteiger partial charge in [0.15, 0.2) is 11.6 Å². The molecule has 3 heterocycles. The van der Waals surface area contributed by atoms with E-state index < -0.39 is 0 Å². The fourth-order valence-corrected chi connectivity index (χ4v) is 3.25. The number of aromatic nitrogens is 6. The smallest absolute Gasteiger partial charge is 0.165 e. The minimum Gasteiger partial charge on any atom is -0.374 e. The first kappa shape index (κ1) is 16.3. The summed E-state index contributed by atoms with van der Waals surface area (Å²) in [4.78, 5) is 4.58. The lowest BCUT2D eigenvalue weighted by Gasteiger charge is -2.35. The summed E-state index contributed by atoms with van der Waals surface area (Å²) in [6, 6.07) is 4.41. The van der Waals surface area contributed by atoms with Crippen molar-refractivity contribution in [3.63, 3.8) is 0 Å². The van der Waals surface area contributed by atoms with E-state index >= 15 is 0 Å². The Morgan fingerprint density at radius 3 is 3.00 bits per heavy atom. The van der Waals surface area contributed by atoms with E-state index in [1.807, 2.05) is 16.8 Å². The van der Waals surface area contributed by atoms with Crippen molar-refractivity contribution in [2.45, 2.75) is 38.5 Å². The second-order valence-electron chi connectivity index (χ2n) is 6.62. The molecule has 0 radical (unpaired) electrons. The van der Waals surface area contributed by atoms with Gasteiger partial charge in [0.05, 0.1) is 25.3 Å². The van der Waals surface area contributed by atoms with Gasteiger partial charge in [0.25, 0.3) is 0 Å². The molecule has 2 fully saturated rings. The molecule has 1 aliphatic heterocycles. The van der Waals surface area contributed by atoms with E-state index in [9.17, 15) is 0 Å². The lowest BCUT2D eigenvalue weighted by Crippen LogP contribution is -2.47. The highest BCUT2D eigenvalue weighted by molar-refractivity contribution is 5.36. The molecule has 0 spiro atoms. The van der Waals surface area contributed by atoms with Gasteiger partial charge in [0, 0.05) is 32.4 Å². The summed E-state index contributed by atoms with van der Waals surface area (Å²) < 4.78 is 7.97. The van der Waals surface area contributed by atoms with Gasteiger partial charge in [-0.1, -0.05) is 0 Å². The maximum Gasteiger partial charge on any atom is 0.165 e. The molecule has 1 atom stereocenters. The van der Waals surface area contributed by atoms with E-state index in [0.29, 0.717) is 6.04 Å². The summed E-state index contributed by atoms with van der Waals surface area (Å²) >= 11 is 0. The Hall–Kier alpha value is -2.13. The van der Waals surface area contributed by atoms with Crippen molar-refractivity contribution >= 4 is 5.82 Å². The quantitative estimate of drug-likeness (QED) is 0.719. The Balaban J connectivity index is 1.36. The Morgan fingerprint density at radius 1 is 1.32 bits per heavy atom. The van der Waals surface area contributed by atoms with Crippen LogP contribution in [-0.2, 0) is 11.3 Å². The van der Waals surface area contributed by atoms with Gasteiger partial charge < -0.3 is 9.64 Å². The zero-order valence-corrected chi connectivity index (χ0v) is 14.5. The molecule has 2 aliphatic rings. The van der Waals surface area contributed by atoms with Crippen molar-refractivity contribution in [1.29, 1.82) is 0 Å². The van der Waals surface area contributed by atoms with Crippen LogP contribution in [0.25, 0.3) is 0 Å². The Morgan fingerprint density at radius 2 is 2.24 bits per heavy atom. The molecule has 0 unspecified atom stereocenters. The average molecular weight is 344 g/mol. The maximum absolute atomic E-state index is 5.98. The monoisotopic (exact) mass is 344 g/mol. The van der Waals surface area contributed by atoms with Crippen molar-refractivity contribution in [2.75, 3.05) is 37.7 Å². The first-order valence-electron chi connectivity index (χ1n) is 8.97. The number of hydrogen-bond donors (Lipinski definition) is 0. The molecular formula is C16H24N8O. The van der Waals surface area contributed by atoms with Crippen LogP contribution in [-0.4, -0.2) is 74.2 Å². The van der Waals surface area contributed by atoms with Crippen molar-refractivity contribution in [2.24, 2.45) is 0 Å². The number of tetrazole rings is 1.